The van der Waals surface area contributed by atoms with E-state index in [0.29, 0.717) is 17.9 Å². The predicted molar refractivity (Wildman–Crippen MR) is 64.8 cm³/mol. The molecule has 0 aliphatic heterocycles. The number of phenols is 1. The summed E-state index contributed by atoms with van der Waals surface area (Å²) in [5.74, 6) is 0.564. The molecule has 0 radical (unpaired) electrons. The van der Waals surface area contributed by atoms with Gasteiger partial charge in [-0.3, -0.25) is 0 Å². The van der Waals surface area contributed by atoms with Crippen LogP contribution in [-0.2, 0) is 13.2 Å². The van der Waals surface area contributed by atoms with E-state index in [9.17, 15) is 5.11 Å². The maximum Gasteiger partial charge on any atom is 0.129 e. The topological polar surface area (TPSA) is 49.7 Å². The first-order valence-electron chi connectivity index (χ1n) is 5.39. The van der Waals surface area contributed by atoms with Crippen molar-refractivity contribution in [3.63, 3.8) is 0 Å². The Kier molecular flexibility index (Phi) is 3.62. The Balaban J connectivity index is 2.12. The highest BCUT2D eigenvalue weighted by Crippen LogP contribution is 2.27. The van der Waals surface area contributed by atoms with Crippen molar-refractivity contribution in [1.82, 2.24) is 0 Å². The lowest BCUT2D eigenvalue weighted by atomic mass is 10.2. The minimum atomic E-state index is -0.239. The van der Waals surface area contributed by atoms with Crippen molar-refractivity contribution in [3.8, 4) is 11.5 Å². The second-order valence-corrected chi connectivity index (χ2v) is 3.69. The normalized spacial score (nSPS) is 10.2. The Morgan fingerprint density at radius 3 is 2.41 bits per heavy atom. The average molecular weight is 230 g/mol. The number of ether oxygens (including phenoxy) is 1. The third kappa shape index (κ3) is 2.77. The lowest BCUT2D eigenvalue weighted by molar-refractivity contribution is 0.253. The van der Waals surface area contributed by atoms with Gasteiger partial charge in [-0.2, -0.15) is 0 Å². The van der Waals surface area contributed by atoms with Crippen LogP contribution in [0, 0.1) is 0 Å². The molecule has 3 heteroatoms. The molecule has 0 aliphatic carbocycles. The molecule has 0 aromatic heterocycles. The molecule has 0 aliphatic rings. The minimum absolute atomic E-state index is 0.0538. The van der Waals surface area contributed by atoms with Gasteiger partial charge in [0.25, 0.3) is 0 Å². The van der Waals surface area contributed by atoms with E-state index in [1.165, 1.54) is 6.07 Å². The Bertz CT molecular complexity index is 480. The van der Waals surface area contributed by atoms with Gasteiger partial charge in [-0.25, -0.2) is 0 Å². The van der Waals surface area contributed by atoms with Crippen LogP contribution in [0.3, 0.4) is 0 Å². The monoisotopic (exact) mass is 230 g/mol. The van der Waals surface area contributed by atoms with Gasteiger partial charge in [-0.1, -0.05) is 36.4 Å². The van der Waals surface area contributed by atoms with Gasteiger partial charge in [0.15, 0.2) is 0 Å². The fourth-order valence-electron chi connectivity index (χ4n) is 1.58. The first-order chi connectivity index (χ1) is 8.31. The molecule has 0 atom stereocenters. The molecular formula is C14H14O3. The zero-order valence-corrected chi connectivity index (χ0v) is 9.34. The van der Waals surface area contributed by atoms with Crippen LogP contribution in [-0.4, -0.2) is 10.2 Å². The molecule has 0 heterocycles. The number of rotatable bonds is 4. The van der Waals surface area contributed by atoms with Crippen LogP contribution >= 0.6 is 0 Å². The second kappa shape index (κ2) is 5.37. The highest BCUT2D eigenvalue weighted by molar-refractivity contribution is 5.43. The highest BCUT2D eigenvalue weighted by Gasteiger charge is 2.07. The van der Waals surface area contributed by atoms with Crippen molar-refractivity contribution in [2.75, 3.05) is 0 Å². The summed E-state index contributed by atoms with van der Waals surface area (Å²) in [6, 6.07) is 14.7. The number of hydrogen-bond acceptors (Lipinski definition) is 3. The third-order valence-electron chi connectivity index (χ3n) is 2.50. The quantitative estimate of drug-likeness (QED) is 0.848. The predicted octanol–water partition coefficient (Wildman–Crippen LogP) is 2.46. The Hall–Kier alpha value is -2.00. The van der Waals surface area contributed by atoms with Crippen LogP contribution < -0.4 is 4.74 Å². The summed E-state index contributed by atoms with van der Waals surface area (Å²) < 4.78 is 5.57. The SMILES string of the molecule is OCc1c(O)cccc1OCc1ccccc1. The van der Waals surface area contributed by atoms with Gasteiger partial charge in [0, 0.05) is 0 Å². The van der Waals surface area contributed by atoms with E-state index in [1.54, 1.807) is 12.1 Å². The molecule has 0 amide bonds. The third-order valence-corrected chi connectivity index (χ3v) is 2.50. The smallest absolute Gasteiger partial charge is 0.129 e. The minimum Gasteiger partial charge on any atom is -0.507 e. The average Bonchev–Trinajstić information content (AvgIpc) is 2.37. The molecule has 3 nitrogen and oxygen atoms in total. The molecule has 0 spiro atoms. The van der Waals surface area contributed by atoms with Gasteiger partial charge in [0.05, 0.1) is 12.2 Å². The molecule has 2 aromatic carbocycles. The van der Waals surface area contributed by atoms with Crippen LogP contribution in [0.5, 0.6) is 11.5 Å². The number of aliphatic hydroxyl groups excluding tert-OH is 1. The Labute approximate surface area is 99.9 Å². The van der Waals surface area contributed by atoms with Crippen LogP contribution in [0.4, 0.5) is 0 Å². The first kappa shape index (κ1) is 11.5. The van der Waals surface area contributed by atoms with Crippen LogP contribution in [0.25, 0.3) is 0 Å². The lowest BCUT2D eigenvalue weighted by Crippen LogP contribution is -1.98. The van der Waals surface area contributed by atoms with E-state index in [1.807, 2.05) is 30.3 Å². The molecule has 17 heavy (non-hydrogen) atoms. The van der Waals surface area contributed by atoms with E-state index in [4.69, 9.17) is 9.84 Å². The number of hydrogen-bond donors (Lipinski definition) is 2. The zero-order valence-electron chi connectivity index (χ0n) is 9.34. The van der Waals surface area contributed by atoms with Crippen molar-refractivity contribution < 1.29 is 14.9 Å². The van der Waals surface area contributed by atoms with Crippen molar-refractivity contribution in [2.24, 2.45) is 0 Å². The molecule has 2 N–H and O–H groups in total. The van der Waals surface area contributed by atoms with E-state index in [2.05, 4.69) is 0 Å². The second-order valence-electron chi connectivity index (χ2n) is 3.69. The molecule has 0 fully saturated rings. The first-order valence-corrected chi connectivity index (χ1v) is 5.39. The summed E-state index contributed by atoms with van der Waals surface area (Å²) in [5, 5.41) is 18.7. The zero-order chi connectivity index (χ0) is 12.1. The van der Waals surface area contributed by atoms with Crippen molar-refractivity contribution in [2.45, 2.75) is 13.2 Å². The summed E-state index contributed by atoms with van der Waals surface area (Å²) in [6.07, 6.45) is 0. The van der Waals surface area contributed by atoms with E-state index < -0.39 is 0 Å². The number of aromatic hydroxyl groups is 1. The van der Waals surface area contributed by atoms with Gasteiger partial charge >= 0.3 is 0 Å². The summed E-state index contributed by atoms with van der Waals surface area (Å²) in [5.41, 5.74) is 1.46. The van der Waals surface area contributed by atoms with E-state index in [-0.39, 0.29) is 12.4 Å². The van der Waals surface area contributed by atoms with Gasteiger partial charge in [-0.15, -0.1) is 0 Å². The molecule has 0 saturated heterocycles. The van der Waals surface area contributed by atoms with Gasteiger partial charge < -0.3 is 14.9 Å². The van der Waals surface area contributed by atoms with Crippen LogP contribution in [0.1, 0.15) is 11.1 Å². The summed E-state index contributed by atoms with van der Waals surface area (Å²) in [6.45, 7) is 0.175. The largest absolute Gasteiger partial charge is 0.507 e. The molecule has 0 unspecified atom stereocenters. The fourth-order valence-corrected chi connectivity index (χ4v) is 1.58. The molecule has 2 aromatic rings. The van der Waals surface area contributed by atoms with Crippen molar-refractivity contribution >= 4 is 0 Å². The van der Waals surface area contributed by atoms with Gasteiger partial charge in [0.2, 0.25) is 0 Å². The molecule has 2 rings (SSSR count). The standard InChI is InChI=1S/C14H14O3/c15-9-12-13(16)7-4-8-14(12)17-10-11-5-2-1-3-6-11/h1-8,15-16H,9-10H2. The summed E-state index contributed by atoms with van der Waals surface area (Å²) in [7, 11) is 0. The number of benzene rings is 2. The maximum absolute atomic E-state index is 9.55. The Morgan fingerprint density at radius 1 is 0.941 bits per heavy atom. The van der Waals surface area contributed by atoms with Crippen LogP contribution in [0.15, 0.2) is 48.5 Å². The summed E-state index contributed by atoms with van der Waals surface area (Å²) >= 11 is 0. The molecule has 88 valence electrons. The van der Waals surface area contributed by atoms with E-state index in [0.717, 1.165) is 5.56 Å². The lowest BCUT2D eigenvalue weighted by Gasteiger charge is -2.11. The molecular weight excluding hydrogens is 216 g/mol. The van der Waals surface area contributed by atoms with E-state index >= 15 is 0 Å². The maximum atomic E-state index is 9.55. The number of aliphatic hydroxyl groups is 1. The molecule has 0 bridgehead atoms. The molecule has 0 saturated carbocycles. The highest BCUT2D eigenvalue weighted by atomic mass is 16.5. The van der Waals surface area contributed by atoms with Crippen molar-refractivity contribution in [1.29, 1.82) is 0 Å². The Morgan fingerprint density at radius 2 is 1.71 bits per heavy atom. The van der Waals surface area contributed by atoms with Crippen LogP contribution in [0.2, 0.25) is 0 Å². The fraction of sp³-hybridized carbons (Fsp3) is 0.143. The van der Waals surface area contributed by atoms with Crippen molar-refractivity contribution in [3.05, 3.63) is 59.7 Å². The van der Waals surface area contributed by atoms with Gasteiger partial charge in [0.1, 0.15) is 18.1 Å². The summed E-state index contributed by atoms with van der Waals surface area (Å²) in [4.78, 5) is 0. The van der Waals surface area contributed by atoms with Gasteiger partial charge in [-0.05, 0) is 17.7 Å².